The molecule has 0 saturated heterocycles. The second-order valence-corrected chi connectivity index (χ2v) is 19.7. The Kier molecular flexibility index (Phi) is 7.55. The average Bonchev–Trinajstić information content (AvgIpc) is 4.02. The summed E-state index contributed by atoms with van der Waals surface area (Å²) in [4.78, 5) is 0. The smallest absolute Gasteiger partial charge is 0.0541 e. The van der Waals surface area contributed by atoms with Crippen LogP contribution in [0.3, 0.4) is 0 Å². The van der Waals surface area contributed by atoms with Gasteiger partial charge in [-0.1, -0.05) is 173 Å². The lowest BCUT2D eigenvalue weighted by Gasteiger charge is -2.23. The van der Waals surface area contributed by atoms with E-state index < -0.39 is 0 Å². The molecule has 0 unspecified atom stereocenters. The molecule has 0 aliphatic heterocycles. The fourth-order valence-electron chi connectivity index (χ4n) is 12.2. The van der Waals surface area contributed by atoms with Gasteiger partial charge in [0.05, 0.1) is 22.1 Å². The van der Waals surface area contributed by atoms with Crippen molar-refractivity contribution < 1.29 is 0 Å². The van der Waals surface area contributed by atoms with Crippen LogP contribution in [0.25, 0.3) is 110 Å². The predicted molar refractivity (Wildman–Crippen MR) is 279 cm³/mol. The summed E-state index contributed by atoms with van der Waals surface area (Å²) >= 11 is 0. The van der Waals surface area contributed by atoms with Crippen molar-refractivity contribution >= 4 is 54.4 Å². The number of aromatic nitrogens is 2. The van der Waals surface area contributed by atoms with E-state index in [9.17, 15) is 0 Å². The topological polar surface area (TPSA) is 9.86 Å². The number of rotatable bonds is 4. The third kappa shape index (κ3) is 5.02. The molecule has 0 fully saturated rings. The van der Waals surface area contributed by atoms with E-state index in [0.29, 0.717) is 0 Å². The Balaban J connectivity index is 0.824. The zero-order valence-corrected chi connectivity index (χ0v) is 37.5. The van der Waals surface area contributed by atoms with Gasteiger partial charge in [-0.15, -0.1) is 0 Å². The first kappa shape index (κ1) is 37.4. The minimum absolute atomic E-state index is 0.139. The molecule has 12 aromatic rings. The average molecular weight is 843 g/mol. The molecule has 14 rings (SSSR count). The van der Waals surface area contributed by atoms with Crippen LogP contribution in [0.2, 0.25) is 0 Å². The Bertz CT molecular complexity index is 3650. The van der Waals surface area contributed by atoms with Crippen molar-refractivity contribution in [3.63, 3.8) is 0 Å². The largest absolute Gasteiger partial charge is 0.309 e. The molecule has 2 heterocycles. The van der Waals surface area contributed by atoms with Crippen LogP contribution in [0.5, 0.6) is 0 Å². The van der Waals surface area contributed by atoms with Gasteiger partial charge in [0, 0.05) is 43.7 Å². The molecule has 2 aliphatic carbocycles. The first-order valence-electron chi connectivity index (χ1n) is 23.3. The molecule has 0 atom stereocenters. The predicted octanol–water partition coefficient (Wildman–Crippen LogP) is 17.0. The van der Waals surface area contributed by atoms with Crippen molar-refractivity contribution in [2.24, 2.45) is 0 Å². The van der Waals surface area contributed by atoms with Crippen LogP contribution < -0.4 is 0 Å². The molecule has 0 N–H and O–H groups in total. The van der Waals surface area contributed by atoms with Crippen LogP contribution in [-0.4, -0.2) is 9.13 Å². The van der Waals surface area contributed by atoms with Gasteiger partial charge < -0.3 is 9.13 Å². The Labute approximate surface area is 384 Å². The van der Waals surface area contributed by atoms with E-state index in [2.05, 4.69) is 243 Å². The van der Waals surface area contributed by atoms with Crippen molar-refractivity contribution in [3.8, 4) is 55.9 Å². The molecule has 2 aliphatic rings. The second-order valence-electron chi connectivity index (χ2n) is 19.7. The molecule has 0 spiro atoms. The van der Waals surface area contributed by atoms with E-state index in [1.54, 1.807) is 0 Å². The highest BCUT2D eigenvalue weighted by molar-refractivity contribution is 6.12. The molecule has 0 radical (unpaired) electrons. The van der Waals surface area contributed by atoms with Gasteiger partial charge in [0.25, 0.3) is 0 Å². The van der Waals surface area contributed by atoms with Gasteiger partial charge >= 0.3 is 0 Å². The van der Waals surface area contributed by atoms with Crippen LogP contribution in [0.15, 0.2) is 206 Å². The standard InChI is InChI=1S/C64H46N2/c1-63(2)53-35-33-50-49(61(53)51-31-25-41(37-55(51)63)39-21-27-43(28-22-39)65-57-17-9-5-13-45(57)46-14-6-10-18-58(46)65)34-36-54-62(50)52-32-26-42(38-56(52)64(54,3)4)40-23-29-44(30-24-40)66-59-19-11-7-15-47(59)48-16-8-12-20-60(48)66/h5-38H,1-4H3. The van der Waals surface area contributed by atoms with E-state index in [-0.39, 0.29) is 10.8 Å². The fraction of sp³-hybridized carbons (Fsp3) is 0.0938. The molecule has 0 amide bonds. The first-order chi connectivity index (χ1) is 32.3. The van der Waals surface area contributed by atoms with Crippen LogP contribution in [0.1, 0.15) is 49.9 Å². The van der Waals surface area contributed by atoms with Crippen molar-refractivity contribution in [2.75, 3.05) is 0 Å². The van der Waals surface area contributed by atoms with Gasteiger partial charge in [0.1, 0.15) is 0 Å². The Hall–Kier alpha value is -7.94. The molecular weight excluding hydrogens is 797 g/mol. The number of benzene rings is 10. The summed E-state index contributed by atoms with van der Waals surface area (Å²) in [5.74, 6) is 0. The minimum atomic E-state index is -0.139. The highest BCUT2D eigenvalue weighted by atomic mass is 15.0. The summed E-state index contributed by atoms with van der Waals surface area (Å²) in [5.41, 5.74) is 23.0. The lowest BCUT2D eigenvalue weighted by Crippen LogP contribution is -2.15. The monoisotopic (exact) mass is 842 g/mol. The van der Waals surface area contributed by atoms with Crippen molar-refractivity contribution in [2.45, 2.75) is 38.5 Å². The number of para-hydroxylation sites is 4. The molecule has 0 saturated carbocycles. The highest BCUT2D eigenvalue weighted by Crippen LogP contribution is 2.57. The maximum Gasteiger partial charge on any atom is 0.0541 e. The van der Waals surface area contributed by atoms with E-state index >= 15 is 0 Å². The van der Waals surface area contributed by atoms with Crippen molar-refractivity contribution in [1.82, 2.24) is 9.13 Å². The van der Waals surface area contributed by atoms with E-state index in [1.807, 2.05) is 0 Å². The van der Waals surface area contributed by atoms with Gasteiger partial charge in [-0.05, 0) is 138 Å². The van der Waals surface area contributed by atoms with Gasteiger partial charge in [-0.2, -0.15) is 0 Å². The fourth-order valence-corrected chi connectivity index (χ4v) is 12.2. The molecule has 312 valence electrons. The normalized spacial score (nSPS) is 14.3. The lowest BCUT2D eigenvalue weighted by atomic mass is 9.80. The molecule has 2 heteroatoms. The van der Waals surface area contributed by atoms with Crippen molar-refractivity contribution in [3.05, 3.63) is 229 Å². The molecule has 2 nitrogen and oxygen atoms in total. The maximum absolute atomic E-state index is 2.46. The third-order valence-corrected chi connectivity index (χ3v) is 15.5. The summed E-state index contributed by atoms with van der Waals surface area (Å²) in [6, 6.07) is 77.2. The number of hydrogen-bond acceptors (Lipinski definition) is 0. The Morgan fingerprint density at radius 3 is 0.939 bits per heavy atom. The summed E-state index contributed by atoms with van der Waals surface area (Å²) in [6.45, 7) is 9.62. The van der Waals surface area contributed by atoms with Gasteiger partial charge in [0.15, 0.2) is 0 Å². The number of fused-ring (bicyclic) bond motifs is 15. The third-order valence-electron chi connectivity index (χ3n) is 15.5. The zero-order valence-electron chi connectivity index (χ0n) is 37.5. The quantitative estimate of drug-likeness (QED) is 0.167. The van der Waals surface area contributed by atoms with Crippen molar-refractivity contribution in [1.29, 1.82) is 0 Å². The highest BCUT2D eigenvalue weighted by Gasteiger charge is 2.40. The zero-order chi connectivity index (χ0) is 44.1. The minimum Gasteiger partial charge on any atom is -0.309 e. The molecular formula is C64H46N2. The second kappa shape index (κ2) is 13.3. The first-order valence-corrected chi connectivity index (χ1v) is 23.3. The summed E-state index contributed by atoms with van der Waals surface area (Å²) < 4.78 is 4.79. The van der Waals surface area contributed by atoms with E-state index in [4.69, 9.17) is 0 Å². The summed E-state index contributed by atoms with van der Waals surface area (Å²) in [5, 5.41) is 7.82. The van der Waals surface area contributed by atoms with Crippen LogP contribution in [0, 0.1) is 0 Å². The Morgan fingerprint density at radius 2 is 0.591 bits per heavy atom. The van der Waals surface area contributed by atoms with Crippen LogP contribution >= 0.6 is 0 Å². The van der Waals surface area contributed by atoms with Crippen LogP contribution in [-0.2, 0) is 10.8 Å². The van der Waals surface area contributed by atoms with E-state index in [0.717, 1.165) is 0 Å². The SMILES string of the molecule is CC1(C)c2cc(-c3ccc(-n4c5ccccc5c5ccccc54)cc3)ccc2-c2c1ccc1c3c(ccc21)C(C)(C)c1cc(-c2ccc(-n4c5ccccc5c5ccccc54)cc2)ccc1-3. The van der Waals surface area contributed by atoms with Gasteiger partial charge in [-0.3, -0.25) is 0 Å². The summed E-state index contributed by atoms with van der Waals surface area (Å²) in [7, 11) is 0. The molecule has 10 aromatic carbocycles. The molecule has 66 heavy (non-hydrogen) atoms. The number of nitrogens with zero attached hydrogens (tertiary/aromatic N) is 2. The van der Waals surface area contributed by atoms with E-state index in [1.165, 1.54) is 133 Å². The molecule has 0 bridgehead atoms. The molecule has 2 aromatic heterocycles. The summed E-state index contributed by atoms with van der Waals surface area (Å²) in [6.07, 6.45) is 0. The van der Waals surface area contributed by atoms with Gasteiger partial charge in [-0.25, -0.2) is 0 Å². The maximum atomic E-state index is 2.46. The van der Waals surface area contributed by atoms with Gasteiger partial charge in [0.2, 0.25) is 0 Å². The lowest BCUT2D eigenvalue weighted by molar-refractivity contribution is 0.660. The number of hydrogen-bond donors (Lipinski definition) is 0. The Morgan fingerprint density at radius 1 is 0.273 bits per heavy atom. The van der Waals surface area contributed by atoms with Crippen LogP contribution in [0.4, 0.5) is 0 Å².